The van der Waals surface area contributed by atoms with Crippen LogP contribution in [0.25, 0.3) is 0 Å². The largest absolute Gasteiger partial charge is 0.487 e. The van der Waals surface area contributed by atoms with Crippen LogP contribution in [0.3, 0.4) is 0 Å². The SMILES string of the molecule is CCS(=O)(=O)N(CC(=O)NCCN(C)Cc1ccccc1)C1CC(C)(C)Oc2ccc(F)cc21. The summed E-state index contributed by atoms with van der Waals surface area (Å²) in [5, 5.41) is 2.83. The Labute approximate surface area is 201 Å². The molecule has 2 aromatic rings. The van der Waals surface area contributed by atoms with Crippen LogP contribution in [0.2, 0.25) is 0 Å². The molecule has 0 spiro atoms. The number of sulfonamides is 1. The second-order valence-corrected chi connectivity index (χ2v) is 11.5. The first-order valence-corrected chi connectivity index (χ1v) is 13.1. The molecule has 0 saturated carbocycles. The first kappa shape index (κ1) is 26.1. The van der Waals surface area contributed by atoms with Crippen molar-refractivity contribution in [1.82, 2.24) is 14.5 Å². The van der Waals surface area contributed by atoms with E-state index in [4.69, 9.17) is 4.74 Å². The average molecular weight is 492 g/mol. The number of amides is 1. The van der Waals surface area contributed by atoms with Crippen molar-refractivity contribution in [2.75, 3.05) is 32.4 Å². The van der Waals surface area contributed by atoms with Gasteiger partial charge in [0.2, 0.25) is 15.9 Å². The lowest BCUT2D eigenvalue weighted by Crippen LogP contribution is -2.48. The number of nitrogens with one attached hydrogen (secondary N) is 1. The normalized spacial score (nSPS) is 17.3. The molecule has 0 radical (unpaired) electrons. The molecule has 1 heterocycles. The van der Waals surface area contributed by atoms with Crippen LogP contribution in [0.5, 0.6) is 5.75 Å². The monoisotopic (exact) mass is 491 g/mol. The van der Waals surface area contributed by atoms with Gasteiger partial charge < -0.3 is 15.0 Å². The van der Waals surface area contributed by atoms with Crippen molar-refractivity contribution >= 4 is 15.9 Å². The number of carbonyl (C=O) groups excluding carboxylic acids is 1. The highest BCUT2D eigenvalue weighted by molar-refractivity contribution is 7.89. The summed E-state index contributed by atoms with van der Waals surface area (Å²) >= 11 is 0. The minimum Gasteiger partial charge on any atom is -0.487 e. The third-order valence-electron chi connectivity index (χ3n) is 5.88. The van der Waals surface area contributed by atoms with E-state index in [0.717, 1.165) is 6.54 Å². The van der Waals surface area contributed by atoms with Gasteiger partial charge in [-0.3, -0.25) is 4.79 Å². The molecule has 2 aromatic carbocycles. The first-order valence-electron chi connectivity index (χ1n) is 11.5. The Hall–Kier alpha value is -2.49. The zero-order chi connectivity index (χ0) is 24.9. The van der Waals surface area contributed by atoms with Crippen LogP contribution in [0.1, 0.15) is 44.4 Å². The van der Waals surface area contributed by atoms with Crippen molar-refractivity contribution in [2.24, 2.45) is 0 Å². The van der Waals surface area contributed by atoms with E-state index in [1.54, 1.807) is 0 Å². The summed E-state index contributed by atoms with van der Waals surface area (Å²) < 4.78 is 47.3. The zero-order valence-corrected chi connectivity index (χ0v) is 21.1. The van der Waals surface area contributed by atoms with E-state index < -0.39 is 33.4 Å². The fraction of sp³-hybridized carbons (Fsp3) is 0.480. The number of carbonyl (C=O) groups is 1. The maximum Gasteiger partial charge on any atom is 0.235 e. The van der Waals surface area contributed by atoms with Crippen LogP contribution in [0.4, 0.5) is 4.39 Å². The topological polar surface area (TPSA) is 79.0 Å². The van der Waals surface area contributed by atoms with Crippen LogP contribution < -0.4 is 10.1 Å². The molecule has 34 heavy (non-hydrogen) atoms. The van der Waals surface area contributed by atoms with Gasteiger partial charge in [-0.1, -0.05) is 30.3 Å². The number of benzene rings is 2. The molecule has 0 bridgehead atoms. The van der Waals surface area contributed by atoms with Crippen molar-refractivity contribution in [1.29, 1.82) is 0 Å². The van der Waals surface area contributed by atoms with Crippen LogP contribution in [0, 0.1) is 5.82 Å². The summed E-state index contributed by atoms with van der Waals surface area (Å²) in [5.41, 5.74) is 0.935. The number of hydrogen-bond acceptors (Lipinski definition) is 5. The number of rotatable bonds is 10. The quantitative estimate of drug-likeness (QED) is 0.552. The fourth-order valence-electron chi connectivity index (χ4n) is 4.17. The van der Waals surface area contributed by atoms with Gasteiger partial charge in [0.25, 0.3) is 0 Å². The predicted molar refractivity (Wildman–Crippen MR) is 130 cm³/mol. The minimum absolute atomic E-state index is 0.164. The van der Waals surface area contributed by atoms with Crippen molar-refractivity contribution in [3.8, 4) is 5.75 Å². The maximum atomic E-state index is 14.1. The van der Waals surface area contributed by atoms with Crippen molar-refractivity contribution in [3.05, 3.63) is 65.5 Å². The summed E-state index contributed by atoms with van der Waals surface area (Å²) in [7, 11) is -1.80. The van der Waals surface area contributed by atoms with E-state index in [2.05, 4.69) is 10.2 Å². The first-order chi connectivity index (χ1) is 16.0. The van der Waals surface area contributed by atoms with Gasteiger partial charge in [-0.15, -0.1) is 0 Å². The Morgan fingerprint density at radius 3 is 2.59 bits per heavy atom. The number of likely N-dealkylation sites (N-methyl/N-ethyl adjacent to an activating group) is 1. The molecule has 186 valence electrons. The molecule has 0 aliphatic carbocycles. The summed E-state index contributed by atoms with van der Waals surface area (Å²) in [4.78, 5) is 14.9. The number of ether oxygens (including phenoxy) is 1. The Morgan fingerprint density at radius 2 is 1.91 bits per heavy atom. The average Bonchev–Trinajstić information content (AvgIpc) is 2.77. The van der Waals surface area contributed by atoms with Gasteiger partial charge in [0.15, 0.2) is 0 Å². The van der Waals surface area contributed by atoms with Gasteiger partial charge in [-0.25, -0.2) is 12.8 Å². The highest BCUT2D eigenvalue weighted by Crippen LogP contribution is 2.43. The van der Waals surface area contributed by atoms with E-state index in [-0.39, 0.29) is 12.3 Å². The summed E-state index contributed by atoms with van der Waals surface area (Å²) in [6.07, 6.45) is 0.301. The second kappa shape index (κ2) is 10.8. The third-order valence-corrected chi connectivity index (χ3v) is 7.71. The van der Waals surface area contributed by atoms with Crippen LogP contribution in [0.15, 0.2) is 48.5 Å². The Morgan fingerprint density at radius 1 is 1.21 bits per heavy atom. The van der Waals surface area contributed by atoms with Crippen LogP contribution in [-0.2, 0) is 21.4 Å². The minimum atomic E-state index is -3.76. The smallest absolute Gasteiger partial charge is 0.235 e. The Bertz CT molecular complexity index is 1090. The number of fused-ring (bicyclic) bond motifs is 1. The van der Waals surface area contributed by atoms with Gasteiger partial charge >= 0.3 is 0 Å². The molecule has 7 nitrogen and oxygen atoms in total. The van der Waals surface area contributed by atoms with Crippen molar-refractivity contribution in [3.63, 3.8) is 0 Å². The maximum absolute atomic E-state index is 14.1. The van der Waals surface area contributed by atoms with Gasteiger partial charge in [-0.2, -0.15) is 4.31 Å². The molecule has 9 heteroatoms. The fourth-order valence-corrected chi connectivity index (χ4v) is 5.39. The molecular formula is C25H34FN3O4S. The Balaban J connectivity index is 1.70. The summed E-state index contributed by atoms with van der Waals surface area (Å²) in [6.45, 7) is 6.64. The van der Waals surface area contributed by atoms with E-state index in [1.165, 1.54) is 35.0 Å². The van der Waals surface area contributed by atoms with E-state index >= 15 is 0 Å². The van der Waals surface area contributed by atoms with Gasteiger partial charge in [-0.05, 0) is 51.6 Å². The molecule has 1 unspecified atom stereocenters. The van der Waals surface area contributed by atoms with E-state index in [1.807, 2.05) is 51.2 Å². The van der Waals surface area contributed by atoms with Gasteiger partial charge in [0.1, 0.15) is 17.2 Å². The lowest BCUT2D eigenvalue weighted by atomic mass is 9.89. The predicted octanol–water partition coefficient (Wildman–Crippen LogP) is 3.33. The van der Waals surface area contributed by atoms with Crippen molar-refractivity contribution < 1.29 is 22.3 Å². The molecule has 0 fully saturated rings. The molecular weight excluding hydrogens is 457 g/mol. The summed E-state index contributed by atoms with van der Waals surface area (Å²) in [6, 6.07) is 13.4. The molecule has 3 rings (SSSR count). The molecule has 1 aliphatic heterocycles. The molecule has 1 N–H and O–H groups in total. The number of halogens is 1. The van der Waals surface area contributed by atoms with E-state index in [0.29, 0.717) is 30.8 Å². The molecule has 1 atom stereocenters. The highest BCUT2D eigenvalue weighted by atomic mass is 32.2. The van der Waals surface area contributed by atoms with E-state index in [9.17, 15) is 17.6 Å². The Kier molecular flexibility index (Phi) is 8.33. The van der Waals surface area contributed by atoms with Crippen LogP contribution >= 0.6 is 0 Å². The molecule has 1 aliphatic rings. The molecule has 0 aromatic heterocycles. The highest BCUT2D eigenvalue weighted by Gasteiger charge is 2.41. The molecule has 1 amide bonds. The standard InChI is InChI=1S/C25H34FN3O4S/c1-5-34(31,32)29(22-16-25(2,3)33-23-12-11-20(26)15-21(22)23)18-24(30)27-13-14-28(4)17-19-9-7-6-8-10-19/h6-12,15,22H,5,13-14,16-18H2,1-4H3,(H,27,30). The van der Waals surface area contributed by atoms with Gasteiger partial charge in [0.05, 0.1) is 18.3 Å². The number of nitrogens with zero attached hydrogens (tertiary/aromatic N) is 2. The summed E-state index contributed by atoms with van der Waals surface area (Å²) in [5.74, 6) is -0.608. The van der Waals surface area contributed by atoms with Gasteiger partial charge in [0, 0.05) is 31.6 Å². The lowest BCUT2D eigenvalue weighted by molar-refractivity contribution is -0.122. The number of hydrogen-bond donors (Lipinski definition) is 1. The lowest BCUT2D eigenvalue weighted by Gasteiger charge is -2.41. The molecule has 0 saturated heterocycles. The third kappa shape index (κ3) is 6.77. The second-order valence-electron chi connectivity index (χ2n) is 9.28. The zero-order valence-electron chi connectivity index (χ0n) is 20.3. The van der Waals surface area contributed by atoms with Crippen LogP contribution in [-0.4, -0.2) is 61.6 Å². The van der Waals surface area contributed by atoms with Crippen molar-refractivity contribution in [2.45, 2.75) is 45.4 Å².